The first-order chi connectivity index (χ1) is 12.0. The minimum atomic E-state index is -1.04. The predicted octanol–water partition coefficient (Wildman–Crippen LogP) is 1.16. The minimum absolute atomic E-state index is 0.0321. The van der Waals surface area contributed by atoms with Crippen LogP contribution in [0.3, 0.4) is 0 Å². The molecule has 1 spiro atoms. The van der Waals surface area contributed by atoms with Crippen molar-refractivity contribution in [3.05, 3.63) is 36.3 Å². The molecular weight excluding hydrogens is 326 g/mol. The van der Waals surface area contributed by atoms with Crippen LogP contribution in [-0.4, -0.2) is 45.4 Å². The second-order valence-electron chi connectivity index (χ2n) is 7.32. The summed E-state index contributed by atoms with van der Waals surface area (Å²) in [7, 11) is 0. The van der Waals surface area contributed by atoms with Gasteiger partial charge >= 0.3 is 5.97 Å². The fourth-order valence-corrected chi connectivity index (χ4v) is 5.25. The zero-order chi connectivity index (χ0) is 17.5. The van der Waals surface area contributed by atoms with Crippen LogP contribution in [-0.2, 0) is 19.1 Å². The molecule has 7 atom stereocenters. The van der Waals surface area contributed by atoms with Gasteiger partial charge in [0.25, 0.3) is 0 Å². The number of carbonyl (C=O) groups excluding carboxylic acids is 2. The number of hydrogen-bond donors (Lipinski definition) is 1. The highest BCUT2D eigenvalue weighted by Crippen LogP contribution is 2.59. The number of amides is 1. The van der Waals surface area contributed by atoms with Gasteiger partial charge < -0.3 is 19.2 Å². The molecule has 5 heterocycles. The number of furan rings is 1. The summed E-state index contributed by atoms with van der Waals surface area (Å²) in [5, 5.41) is 9.63. The third-order valence-electron chi connectivity index (χ3n) is 6.24. The summed E-state index contributed by atoms with van der Waals surface area (Å²) >= 11 is 0. The zero-order valence-electron chi connectivity index (χ0n) is 13.5. The number of aliphatic carboxylic acids is 1. The van der Waals surface area contributed by atoms with Crippen LogP contribution in [0.15, 0.2) is 35.0 Å². The second kappa shape index (κ2) is 4.60. The quantitative estimate of drug-likeness (QED) is 0.810. The van der Waals surface area contributed by atoms with Crippen molar-refractivity contribution in [1.29, 1.82) is 0 Å². The van der Waals surface area contributed by atoms with E-state index in [1.807, 2.05) is 0 Å². The first-order valence-electron chi connectivity index (χ1n) is 8.44. The van der Waals surface area contributed by atoms with Crippen molar-refractivity contribution in [3.8, 4) is 0 Å². The maximum Gasteiger partial charge on any atom is 0.310 e. The van der Waals surface area contributed by atoms with Crippen LogP contribution in [0.5, 0.6) is 0 Å². The van der Waals surface area contributed by atoms with Crippen molar-refractivity contribution in [3.63, 3.8) is 0 Å². The van der Waals surface area contributed by atoms with E-state index in [1.165, 1.54) is 6.26 Å². The molecule has 2 bridgehead atoms. The Hall–Kier alpha value is -2.41. The Kier molecular flexibility index (Phi) is 2.74. The van der Waals surface area contributed by atoms with Crippen molar-refractivity contribution in [2.24, 2.45) is 17.8 Å². The third-order valence-corrected chi connectivity index (χ3v) is 6.24. The van der Waals surface area contributed by atoms with Crippen LogP contribution in [0.25, 0.3) is 0 Å². The average molecular weight is 343 g/mol. The Morgan fingerprint density at radius 2 is 2.20 bits per heavy atom. The Balaban J connectivity index is 1.67. The molecule has 7 nitrogen and oxygen atoms in total. The standard InChI is InChI=1S/C18H17NO6/c1-8-10(20)7-9(11-3-2-6-24-11)19-15(8)18-5-4-12(25-18)13(17(22)23)14(18)16(19)21/h2-6,8-9,12-15H,7H2,1H3,(H,22,23)/t8-,9-,12-,13-,14-,15+,18-/m0/s1. The van der Waals surface area contributed by atoms with Crippen LogP contribution in [0.2, 0.25) is 0 Å². The average Bonchev–Trinajstić information content (AvgIpc) is 3.32. The third kappa shape index (κ3) is 1.62. The summed E-state index contributed by atoms with van der Waals surface area (Å²) in [6, 6.07) is 2.44. The molecule has 3 saturated heterocycles. The molecule has 0 unspecified atom stereocenters. The van der Waals surface area contributed by atoms with E-state index < -0.39 is 47.5 Å². The minimum Gasteiger partial charge on any atom is -0.481 e. The lowest BCUT2D eigenvalue weighted by Gasteiger charge is -2.43. The van der Waals surface area contributed by atoms with Gasteiger partial charge in [0.1, 0.15) is 23.1 Å². The van der Waals surface area contributed by atoms with Gasteiger partial charge in [0.05, 0.1) is 30.4 Å². The Labute approximate surface area is 143 Å². The normalized spacial score (nSPS) is 44.3. The van der Waals surface area contributed by atoms with Gasteiger partial charge in [-0.2, -0.15) is 0 Å². The van der Waals surface area contributed by atoms with Crippen LogP contribution in [0.4, 0.5) is 0 Å². The zero-order valence-corrected chi connectivity index (χ0v) is 13.5. The van der Waals surface area contributed by atoms with Gasteiger partial charge in [-0.05, 0) is 12.1 Å². The summed E-state index contributed by atoms with van der Waals surface area (Å²) in [6.45, 7) is 1.79. The summed E-state index contributed by atoms with van der Waals surface area (Å²) < 4.78 is 11.5. The number of nitrogens with zero attached hydrogens (tertiary/aromatic N) is 1. The Morgan fingerprint density at radius 3 is 2.88 bits per heavy atom. The van der Waals surface area contributed by atoms with E-state index in [1.54, 1.807) is 36.1 Å². The first kappa shape index (κ1) is 14.9. The number of ether oxygens (including phenoxy) is 1. The van der Waals surface area contributed by atoms with Gasteiger partial charge in [0.15, 0.2) is 0 Å². The topological polar surface area (TPSA) is 97.1 Å². The number of carboxylic acid groups (broad SMARTS) is 1. The van der Waals surface area contributed by atoms with E-state index in [4.69, 9.17) is 9.15 Å². The van der Waals surface area contributed by atoms with Gasteiger partial charge in [-0.25, -0.2) is 0 Å². The fraction of sp³-hybridized carbons (Fsp3) is 0.500. The lowest BCUT2D eigenvalue weighted by atomic mass is 9.71. The highest BCUT2D eigenvalue weighted by Gasteiger charge is 2.74. The molecule has 1 amide bonds. The molecule has 3 fully saturated rings. The number of carboxylic acids is 1. The van der Waals surface area contributed by atoms with Crippen LogP contribution < -0.4 is 0 Å². The van der Waals surface area contributed by atoms with Gasteiger partial charge in [0, 0.05) is 12.3 Å². The molecule has 130 valence electrons. The maximum absolute atomic E-state index is 13.3. The Morgan fingerprint density at radius 1 is 1.40 bits per heavy atom. The number of piperidine rings is 1. The smallest absolute Gasteiger partial charge is 0.310 e. The lowest BCUT2D eigenvalue weighted by molar-refractivity contribution is -0.152. The maximum atomic E-state index is 13.3. The molecular formula is C18H17NO6. The number of ketones is 1. The van der Waals surface area contributed by atoms with Crippen molar-refractivity contribution >= 4 is 17.7 Å². The summed E-state index contributed by atoms with van der Waals surface area (Å²) in [5.74, 6) is -2.85. The number of Topliss-reactive ketones (excluding diaryl/α,β-unsaturated/α-hetero) is 1. The van der Waals surface area contributed by atoms with E-state index in [0.717, 1.165) is 0 Å². The molecule has 7 heteroatoms. The molecule has 4 aliphatic rings. The van der Waals surface area contributed by atoms with Crippen LogP contribution in [0, 0.1) is 17.8 Å². The van der Waals surface area contributed by atoms with Gasteiger partial charge in [0.2, 0.25) is 5.91 Å². The molecule has 0 aliphatic carbocycles. The van der Waals surface area contributed by atoms with Gasteiger partial charge in [-0.15, -0.1) is 0 Å². The lowest BCUT2D eigenvalue weighted by Crippen LogP contribution is -2.55. The molecule has 0 radical (unpaired) electrons. The van der Waals surface area contributed by atoms with E-state index in [0.29, 0.717) is 5.76 Å². The van der Waals surface area contributed by atoms with E-state index in [9.17, 15) is 19.5 Å². The Bertz CT molecular complexity index is 814. The number of rotatable bonds is 2. The summed E-state index contributed by atoms with van der Waals surface area (Å²) in [4.78, 5) is 39.3. The van der Waals surface area contributed by atoms with Crippen molar-refractivity contribution < 1.29 is 28.6 Å². The molecule has 1 N–H and O–H groups in total. The van der Waals surface area contributed by atoms with Crippen molar-refractivity contribution in [1.82, 2.24) is 4.90 Å². The van der Waals surface area contributed by atoms with Crippen LogP contribution >= 0.6 is 0 Å². The van der Waals surface area contributed by atoms with E-state index in [2.05, 4.69) is 0 Å². The summed E-state index contributed by atoms with van der Waals surface area (Å²) in [6.07, 6.45) is 4.59. The predicted molar refractivity (Wildman–Crippen MR) is 82.2 cm³/mol. The first-order valence-corrected chi connectivity index (χ1v) is 8.44. The highest BCUT2D eigenvalue weighted by molar-refractivity contribution is 5.95. The van der Waals surface area contributed by atoms with Crippen molar-refractivity contribution in [2.45, 2.75) is 37.1 Å². The van der Waals surface area contributed by atoms with Gasteiger partial charge in [-0.1, -0.05) is 19.1 Å². The molecule has 1 aromatic rings. The molecule has 25 heavy (non-hydrogen) atoms. The number of fused-ring (bicyclic) bond motifs is 2. The number of carbonyl (C=O) groups is 3. The second-order valence-corrected chi connectivity index (χ2v) is 7.32. The highest BCUT2D eigenvalue weighted by atomic mass is 16.5. The molecule has 5 rings (SSSR count). The fourth-order valence-electron chi connectivity index (χ4n) is 5.25. The van der Waals surface area contributed by atoms with Crippen molar-refractivity contribution in [2.75, 3.05) is 0 Å². The van der Waals surface area contributed by atoms with E-state index in [-0.39, 0.29) is 18.1 Å². The molecule has 4 aliphatic heterocycles. The molecule has 0 saturated carbocycles. The molecule has 0 aromatic carbocycles. The summed E-state index contributed by atoms with van der Waals surface area (Å²) in [5.41, 5.74) is -1.04. The SMILES string of the molecule is C[C@H]1C(=O)C[C@@H](c2ccco2)N2C(=O)[C@@H]3[C@@H](C(=O)O)[C@@H]4C=C[C@@]3(O4)[C@@H]12. The molecule has 1 aromatic heterocycles. The van der Waals surface area contributed by atoms with Gasteiger partial charge in [-0.3, -0.25) is 14.4 Å². The number of hydrogen-bond acceptors (Lipinski definition) is 5. The monoisotopic (exact) mass is 343 g/mol. The van der Waals surface area contributed by atoms with E-state index >= 15 is 0 Å². The largest absolute Gasteiger partial charge is 0.481 e. The van der Waals surface area contributed by atoms with Crippen LogP contribution in [0.1, 0.15) is 25.1 Å².